The van der Waals surface area contributed by atoms with E-state index >= 15 is 0 Å². The van der Waals surface area contributed by atoms with Gasteiger partial charge in [-0.25, -0.2) is 4.39 Å². The Hall–Kier alpha value is -0.930. The number of hydrogen-bond donors (Lipinski definition) is 1. The quantitative estimate of drug-likeness (QED) is 0.684. The smallest absolute Gasteiger partial charge is 0.126 e. The lowest BCUT2D eigenvalue weighted by molar-refractivity contribution is -0.0731. The highest BCUT2D eigenvalue weighted by atomic mass is 19.1. The van der Waals surface area contributed by atoms with Crippen molar-refractivity contribution in [2.24, 2.45) is 0 Å². The highest BCUT2D eigenvalue weighted by Crippen LogP contribution is 2.09. The highest BCUT2D eigenvalue weighted by Gasteiger charge is 2.00. The summed E-state index contributed by atoms with van der Waals surface area (Å²) < 4.78 is 12.8. The Morgan fingerprint density at radius 3 is 2.67 bits per heavy atom. The first kappa shape index (κ1) is 9.16. The van der Waals surface area contributed by atoms with Gasteiger partial charge < -0.3 is 5.21 Å². The summed E-state index contributed by atoms with van der Waals surface area (Å²) in [5.74, 6) is -0.209. The first-order valence-corrected chi connectivity index (χ1v) is 3.74. The average Bonchev–Trinajstić information content (AvgIpc) is 1.96. The fourth-order valence-electron chi connectivity index (χ4n) is 1.07. The Bertz CT molecular complexity index is 273. The van der Waals surface area contributed by atoms with Gasteiger partial charge in [-0.2, -0.15) is 5.06 Å². The minimum Gasteiger partial charge on any atom is -0.314 e. The molecule has 0 aromatic heterocycles. The minimum atomic E-state index is -0.209. The number of rotatable bonds is 2. The first-order chi connectivity index (χ1) is 5.59. The molecule has 0 heterocycles. The molecular weight excluding hydrogens is 157 g/mol. The van der Waals surface area contributed by atoms with Crippen LogP contribution in [-0.2, 0) is 6.54 Å². The van der Waals surface area contributed by atoms with Crippen LogP contribution in [0, 0.1) is 12.7 Å². The zero-order valence-electron chi connectivity index (χ0n) is 7.21. The molecule has 2 nitrogen and oxygen atoms in total. The van der Waals surface area contributed by atoms with Gasteiger partial charge in [0.25, 0.3) is 0 Å². The van der Waals surface area contributed by atoms with E-state index in [0.29, 0.717) is 12.1 Å². The van der Waals surface area contributed by atoms with Crippen LogP contribution in [0.25, 0.3) is 0 Å². The maximum Gasteiger partial charge on any atom is 0.126 e. The molecule has 1 aromatic rings. The summed E-state index contributed by atoms with van der Waals surface area (Å²) in [4.78, 5) is 0. The molecule has 0 aliphatic carbocycles. The van der Waals surface area contributed by atoms with Gasteiger partial charge >= 0.3 is 0 Å². The normalized spacial score (nSPS) is 10.8. The van der Waals surface area contributed by atoms with Gasteiger partial charge in [-0.1, -0.05) is 12.1 Å². The summed E-state index contributed by atoms with van der Waals surface area (Å²) in [6.45, 7) is 2.12. The molecule has 1 aromatic carbocycles. The summed E-state index contributed by atoms with van der Waals surface area (Å²) in [7, 11) is 1.55. The molecule has 0 saturated carbocycles. The predicted molar refractivity (Wildman–Crippen MR) is 44.4 cm³/mol. The monoisotopic (exact) mass is 169 g/mol. The van der Waals surface area contributed by atoms with Crippen molar-refractivity contribution < 1.29 is 9.60 Å². The lowest BCUT2D eigenvalue weighted by Crippen LogP contribution is -2.11. The van der Waals surface area contributed by atoms with Crippen LogP contribution in [0.15, 0.2) is 18.2 Å². The molecule has 1 N–H and O–H groups in total. The van der Waals surface area contributed by atoms with Crippen molar-refractivity contribution in [2.75, 3.05) is 7.05 Å². The van der Waals surface area contributed by atoms with Crippen LogP contribution >= 0.6 is 0 Å². The Labute approximate surface area is 71.2 Å². The molecule has 0 amide bonds. The van der Waals surface area contributed by atoms with Crippen molar-refractivity contribution in [3.63, 3.8) is 0 Å². The molecule has 0 saturated heterocycles. The molecule has 0 aliphatic heterocycles. The lowest BCUT2D eigenvalue weighted by atomic mass is 10.1. The van der Waals surface area contributed by atoms with Crippen LogP contribution in [0.5, 0.6) is 0 Å². The van der Waals surface area contributed by atoms with Crippen LogP contribution in [-0.4, -0.2) is 17.3 Å². The Morgan fingerprint density at radius 1 is 1.50 bits per heavy atom. The number of aryl methyl sites for hydroxylation is 1. The van der Waals surface area contributed by atoms with E-state index < -0.39 is 0 Å². The molecule has 0 fully saturated rings. The van der Waals surface area contributed by atoms with E-state index in [9.17, 15) is 4.39 Å². The molecule has 0 aliphatic rings. The maximum absolute atomic E-state index is 12.8. The standard InChI is InChI=1S/C9H12FNO/c1-7-5-8(6-11(2)12)3-4-9(7)10/h3-5,12H,6H2,1-2H3. The van der Waals surface area contributed by atoms with Crippen molar-refractivity contribution in [3.05, 3.63) is 35.1 Å². The van der Waals surface area contributed by atoms with E-state index in [1.165, 1.54) is 6.07 Å². The Morgan fingerprint density at radius 2 is 2.17 bits per heavy atom. The van der Waals surface area contributed by atoms with E-state index in [-0.39, 0.29) is 5.82 Å². The first-order valence-electron chi connectivity index (χ1n) is 3.74. The molecule has 0 radical (unpaired) electrons. The number of hydroxylamine groups is 2. The van der Waals surface area contributed by atoms with Crippen LogP contribution < -0.4 is 0 Å². The van der Waals surface area contributed by atoms with Gasteiger partial charge in [-0.15, -0.1) is 0 Å². The summed E-state index contributed by atoms with van der Waals surface area (Å²) in [6, 6.07) is 4.80. The largest absolute Gasteiger partial charge is 0.314 e. The Balaban J connectivity index is 2.82. The van der Waals surface area contributed by atoms with Crippen LogP contribution in [0.2, 0.25) is 0 Å². The third-order valence-electron chi connectivity index (χ3n) is 1.63. The Kier molecular flexibility index (Phi) is 2.78. The summed E-state index contributed by atoms with van der Waals surface area (Å²) >= 11 is 0. The molecular formula is C9H12FNO. The minimum absolute atomic E-state index is 0.209. The van der Waals surface area contributed by atoms with E-state index in [2.05, 4.69) is 0 Å². The number of halogens is 1. The van der Waals surface area contributed by atoms with Gasteiger partial charge in [0.1, 0.15) is 5.82 Å². The second-order valence-electron chi connectivity index (χ2n) is 2.90. The molecule has 3 heteroatoms. The molecule has 0 unspecified atom stereocenters. The zero-order valence-corrected chi connectivity index (χ0v) is 7.21. The van der Waals surface area contributed by atoms with Gasteiger partial charge in [-0.05, 0) is 24.1 Å². The number of hydrogen-bond acceptors (Lipinski definition) is 2. The third-order valence-corrected chi connectivity index (χ3v) is 1.63. The van der Waals surface area contributed by atoms with Gasteiger partial charge in [0, 0.05) is 13.6 Å². The maximum atomic E-state index is 12.8. The van der Waals surface area contributed by atoms with Gasteiger partial charge in [0.2, 0.25) is 0 Å². The van der Waals surface area contributed by atoms with Crippen LogP contribution in [0.3, 0.4) is 0 Å². The fraction of sp³-hybridized carbons (Fsp3) is 0.333. The predicted octanol–water partition coefficient (Wildman–Crippen LogP) is 1.96. The van der Waals surface area contributed by atoms with E-state index in [4.69, 9.17) is 5.21 Å². The average molecular weight is 169 g/mol. The zero-order chi connectivity index (χ0) is 9.14. The molecule has 0 atom stereocenters. The van der Waals surface area contributed by atoms with Gasteiger partial charge in [-0.3, -0.25) is 0 Å². The number of benzene rings is 1. The van der Waals surface area contributed by atoms with E-state index in [1.54, 1.807) is 26.1 Å². The molecule has 0 bridgehead atoms. The highest BCUT2D eigenvalue weighted by molar-refractivity contribution is 5.23. The van der Waals surface area contributed by atoms with Gasteiger partial charge in [0.15, 0.2) is 0 Å². The van der Waals surface area contributed by atoms with Crippen molar-refractivity contribution in [1.29, 1.82) is 0 Å². The van der Waals surface area contributed by atoms with Crippen molar-refractivity contribution in [1.82, 2.24) is 5.06 Å². The van der Waals surface area contributed by atoms with E-state index in [1.807, 2.05) is 0 Å². The second-order valence-corrected chi connectivity index (χ2v) is 2.90. The van der Waals surface area contributed by atoms with Crippen LogP contribution in [0.4, 0.5) is 4.39 Å². The lowest BCUT2D eigenvalue weighted by Gasteiger charge is -2.08. The molecule has 0 spiro atoms. The second kappa shape index (κ2) is 3.65. The van der Waals surface area contributed by atoms with Crippen LogP contribution in [0.1, 0.15) is 11.1 Å². The number of nitrogens with zero attached hydrogens (tertiary/aromatic N) is 1. The SMILES string of the molecule is Cc1cc(CN(C)O)ccc1F. The van der Waals surface area contributed by atoms with Crippen molar-refractivity contribution >= 4 is 0 Å². The van der Waals surface area contributed by atoms with E-state index in [0.717, 1.165) is 10.6 Å². The molecule has 66 valence electrons. The summed E-state index contributed by atoms with van der Waals surface area (Å²) in [5.41, 5.74) is 1.51. The third kappa shape index (κ3) is 2.29. The van der Waals surface area contributed by atoms with Crippen molar-refractivity contribution in [3.8, 4) is 0 Å². The summed E-state index contributed by atoms with van der Waals surface area (Å²) in [6.07, 6.45) is 0. The summed E-state index contributed by atoms with van der Waals surface area (Å²) in [5, 5.41) is 9.97. The fourth-order valence-corrected chi connectivity index (χ4v) is 1.07. The van der Waals surface area contributed by atoms with Gasteiger partial charge in [0.05, 0.1) is 0 Å². The topological polar surface area (TPSA) is 23.5 Å². The molecule has 12 heavy (non-hydrogen) atoms. The van der Waals surface area contributed by atoms with Crippen molar-refractivity contribution in [2.45, 2.75) is 13.5 Å². The molecule has 1 rings (SSSR count).